The summed E-state index contributed by atoms with van der Waals surface area (Å²) in [7, 11) is -1.88. The van der Waals surface area contributed by atoms with Gasteiger partial charge in [0, 0.05) is 6.20 Å². The molecule has 1 atom stereocenters. The lowest BCUT2D eigenvalue weighted by molar-refractivity contribution is -0.118. The Hall–Kier alpha value is -3.02. The molecular formula is C14H15N7O3S. The standard InChI is InChI=1S/C14H15N7O3S/c15-13(20-21-16)12-8(3-4-18-14(12)25(17)23)7-1-2-9-10(5-7)24-6-11(22)19-9/h1-5,21H,6,16-17H2,(H2,15,20)(H,19,22). The fourth-order valence-electron chi connectivity index (χ4n) is 2.45. The van der Waals surface area contributed by atoms with Crippen molar-refractivity contribution < 1.29 is 13.7 Å². The first-order valence-corrected chi connectivity index (χ1v) is 8.24. The van der Waals surface area contributed by atoms with Gasteiger partial charge in [0.2, 0.25) is 0 Å². The molecule has 0 saturated carbocycles. The van der Waals surface area contributed by atoms with Crippen LogP contribution in [0.1, 0.15) is 5.56 Å². The predicted octanol–water partition coefficient (Wildman–Crippen LogP) is -0.856. The van der Waals surface area contributed by atoms with E-state index in [1.165, 1.54) is 6.20 Å². The van der Waals surface area contributed by atoms with E-state index < -0.39 is 11.0 Å². The molecule has 1 aliphatic heterocycles. The number of amidine groups is 1. The van der Waals surface area contributed by atoms with Gasteiger partial charge in [0.15, 0.2) is 17.5 Å². The fraction of sp³-hybridized carbons (Fsp3) is 0.0714. The number of aromatic nitrogens is 1. The molecule has 2 heterocycles. The van der Waals surface area contributed by atoms with Crippen LogP contribution in [0.15, 0.2) is 40.6 Å². The number of nitrogens with zero attached hydrogens (tertiary/aromatic N) is 2. The van der Waals surface area contributed by atoms with Crippen molar-refractivity contribution in [3.63, 3.8) is 0 Å². The highest BCUT2D eigenvalue weighted by Crippen LogP contribution is 2.34. The lowest BCUT2D eigenvalue weighted by Crippen LogP contribution is -2.26. The van der Waals surface area contributed by atoms with Gasteiger partial charge in [-0.1, -0.05) is 6.07 Å². The molecule has 0 fully saturated rings. The monoisotopic (exact) mass is 361 g/mol. The molecule has 25 heavy (non-hydrogen) atoms. The van der Waals surface area contributed by atoms with Crippen molar-refractivity contribution in [1.82, 2.24) is 10.5 Å². The molecule has 10 nitrogen and oxygen atoms in total. The number of nitrogens with two attached hydrogens (primary N) is 3. The second-order valence-electron chi connectivity index (χ2n) is 5.01. The van der Waals surface area contributed by atoms with Crippen LogP contribution in [0.4, 0.5) is 5.69 Å². The third kappa shape index (κ3) is 3.28. The summed E-state index contributed by atoms with van der Waals surface area (Å²) in [6.07, 6.45) is 1.46. The van der Waals surface area contributed by atoms with Gasteiger partial charge >= 0.3 is 0 Å². The van der Waals surface area contributed by atoms with Crippen molar-refractivity contribution in [2.45, 2.75) is 5.03 Å². The van der Waals surface area contributed by atoms with Crippen molar-refractivity contribution >= 4 is 28.4 Å². The number of amides is 1. The van der Waals surface area contributed by atoms with Gasteiger partial charge in [-0.2, -0.15) is 0 Å². The SMILES string of the molecule is NN/N=C(\N)c1c(-c2ccc3c(c2)OCC(=O)N3)ccnc1S(N)=O. The number of ether oxygens (including phenoxy) is 1. The highest BCUT2D eigenvalue weighted by atomic mass is 32.2. The van der Waals surface area contributed by atoms with E-state index in [9.17, 15) is 9.00 Å². The van der Waals surface area contributed by atoms with Crippen molar-refractivity contribution in [3.8, 4) is 16.9 Å². The number of hydrazine groups is 1. The first-order chi connectivity index (χ1) is 12.0. The van der Waals surface area contributed by atoms with E-state index in [1.807, 2.05) is 0 Å². The van der Waals surface area contributed by atoms with E-state index in [2.05, 4.69) is 20.9 Å². The number of hydrazone groups is 1. The molecular weight excluding hydrogens is 346 g/mol. The van der Waals surface area contributed by atoms with E-state index in [4.69, 9.17) is 21.5 Å². The third-order valence-electron chi connectivity index (χ3n) is 3.47. The van der Waals surface area contributed by atoms with Crippen LogP contribution in [0.5, 0.6) is 5.75 Å². The highest BCUT2D eigenvalue weighted by molar-refractivity contribution is 7.82. The quantitative estimate of drug-likeness (QED) is 0.204. The zero-order valence-electron chi connectivity index (χ0n) is 12.9. The zero-order valence-corrected chi connectivity index (χ0v) is 13.7. The zero-order chi connectivity index (χ0) is 18.0. The molecule has 0 radical (unpaired) electrons. The van der Waals surface area contributed by atoms with Gasteiger partial charge < -0.3 is 15.8 Å². The normalized spacial score (nSPS) is 15.0. The Kier molecular flexibility index (Phi) is 4.61. The van der Waals surface area contributed by atoms with Crippen molar-refractivity contribution in [3.05, 3.63) is 36.0 Å². The van der Waals surface area contributed by atoms with Gasteiger partial charge in [0.1, 0.15) is 16.7 Å². The smallest absolute Gasteiger partial charge is 0.262 e. The van der Waals surface area contributed by atoms with E-state index in [1.54, 1.807) is 24.3 Å². The number of carbonyl (C=O) groups is 1. The number of benzene rings is 1. The lowest BCUT2D eigenvalue weighted by atomic mass is 10.00. The number of hydrogen-bond donors (Lipinski definition) is 5. The molecule has 8 N–H and O–H groups in total. The molecule has 1 unspecified atom stereocenters. The van der Waals surface area contributed by atoms with E-state index in [0.717, 1.165) is 0 Å². The number of nitrogens with one attached hydrogen (secondary N) is 2. The Balaban J connectivity index is 2.17. The summed E-state index contributed by atoms with van der Waals surface area (Å²) in [4.78, 5) is 15.4. The maximum atomic E-state index is 11.8. The number of hydrogen-bond acceptors (Lipinski definition) is 7. The Morgan fingerprint density at radius 2 is 2.20 bits per heavy atom. The Morgan fingerprint density at radius 1 is 1.40 bits per heavy atom. The topological polar surface area (TPSA) is 171 Å². The first-order valence-electron chi connectivity index (χ1n) is 7.02. The maximum absolute atomic E-state index is 11.8. The van der Waals surface area contributed by atoms with Crippen LogP contribution < -0.4 is 32.3 Å². The molecule has 0 aliphatic carbocycles. The van der Waals surface area contributed by atoms with Gasteiger partial charge in [-0.3, -0.25) is 4.79 Å². The van der Waals surface area contributed by atoms with Crippen LogP contribution in [0.2, 0.25) is 0 Å². The number of rotatable bonds is 4. The van der Waals surface area contributed by atoms with Crippen LogP contribution >= 0.6 is 0 Å². The summed E-state index contributed by atoms with van der Waals surface area (Å²) in [5.41, 5.74) is 10.1. The lowest BCUT2D eigenvalue weighted by Gasteiger charge is -2.19. The number of pyridine rings is 1. The molecule has 2 aromatic rings. The average molecular weight is 361 g/mol. The minimum atomic E-state index is -1.88. The Morgan fingerprint density at radius 3 is 2.92 bits per heavy atom. The average Bonchev–Trinajstić information content (AvgIpc) is 2.60. The summed E-state index contributed by atoms with van der Waals surface area (Å²) < 4.78 is 17.2. The van der Waals surface area contributed by atoms with Crippen LogP contribution in [0, 0.1) is 0 Å². The minimum absolute atomic E-state index is 0.0219. The molecule has 0 spiro atoms. The second kappa shape index (κ2) is 6.84. The minimum Gasteiger partial charge on any atom is -0.482 e. The molecule has 0 bridgehead atoms. The number of carbonyl (C=O) groups excluding carboxylic acids is 1. The van der Waals surface area contributed by atoms with Crippen LogP contribution in [0.3, 0.4) is 0 Å². The molecule has 1 amide bonds. The summed E-state index contributed by atoms with van der Waals surface area (Å²) in [5, 5.41) is 12.0. The number of anilines is 1. The molecule has 1 aliphatic rings. The molecule has 11 heteroatoms. The third-order valence-corrected chi connectivity index (χ3v) is 4.16. The van der Waals surface area contributed by atoms with Crippen LogP contribution in [-0.2, 0) is 15.8 Å². The van der Waals surface area contributed by atoms with Crippen molar-refractivity contribution in [2.24, 2.45) is 21.8 Å². The van der Waals surface area contributed by atoms with Gasteiger partial charge in [-0.25, -0.2) is 25.7 Å². The largest absolute Gasteiger partial charge is 0.482 e. The summed E-state index contributed by atoms with van der Waals surface area (Å²) >= 11 is 0. The summed E-state index contributed by atoms with van der Waals surface area (Å²) in [5.74, 6) is 5.44. The molecule has 1 aromatic heterocycles. The second-order valence-corrected chi connectivity index (χ2v) is 5.99. The van der Waals surface area contributed by atoms with Crippen LogP contribution in [-0.4, -0.2) is 27.5 Å². The molecule has 3 rings (SSSR count). The van der Waals surface area contributed by atoms with E-state index in [-0.39, 0.29) is 23.4 Å². The highest BCUT2D eigenvalue weighted by Gasteiger charge is 2.21. The predicted molar refractivity (Wildman–Crippen MR) is 92.4 cm³/mol. The van der Waals surface area contributed by atoms with Crippen LogP contribution in [0.25, 0.3) is 11.1 Å². The summed E-state index contributed by atoms with van der Waals surface area (Å²) in [6.45, 7) is -0.0710. The van der Waals surface area contributed by atoms with Gasteiger partial charge in [0.25, 0.3) is 5.91 Å². The Labute approximate surface area is 145 Å². The van der Waals surface area contributed by atoms with Gasteiger partial charge in [0.05, 0.1) is 11.3 Å². The molecule has 1 aromatic carbocycles. The Bertz CT molecular complexity index is 900. The summed E-state index contributed by atoms with van der Waals surface area (Å²) in [6, 6.07) is 6.84. The molecule has 130 valence electrons. The fourth-order valence-corrected chi connectivity index (χ4v) is 3.03. The van der Waals surface area contributed by atoms with Gasteiger partial charge in [-0.05, 0) is 29.3 Å². The van der Waals surface area contributed by atoms with Gasteiger partial charge in [-0.15, -0.1) is 5.10 Å². The van der Waals surface area contributed by atoms with E-state index in [0.29, 0.717) is 28.1 Å². The van der Waals surface area contributed by atoms with Crippen molar-refractivity contribution in [1.29, 1.82) is 0 Å². The molecule has 0 saturated heterocycles. The first kappa shape index (κ1) is 16.8. The number of fused-ring (bicyclic) bond motifs is 1. The van der Waals surface area contributed by atoms with E-state index >= 15 is 0 Å². The van der Waals surface area contributed by atoms with Crippen molar-refractivity contribution in [2.75, 3.05) is 11.9 Å². The maximum Gasteiger partial charge on any atom is 0.262 e.